The molecule has 3 aromatic rings. The average Bonchev–Trinajstić information content (AvgIpc) is 3.29. The van der Waals surface area contributed by atoms with Crippen molar-refractivity contribution in [3.63, 3.8) is 0 Å². The molecule has 0 saturated carbocycles. The summed E-state index contributed by atoms with van der Waals surface area (Å²) in [5.74, 6) is 1.30. The van der Waals surface area contributed by atoms with Crippen molar-refractivity contribution in [1.29, 1.82) is 0 Å². The number of ether oxygens (including phenoxy) is 1. The summed E-state index contributed by atoms with van der Waals surface area (Å²) in [6.45, 7) is 3.89. The third kappa shape index (κ3) is 3.88. The summed E-state index contributed by atoms with van der Waals surface area (Å²) in [7, 11) is 0. The van der Waals surface area contributed by atoms with Gasteiger partial charge in [0, 0.05) is 12.1 Å². The number of aromatic nitrogens is 2. The van der Waals surface area contributed by atoms with Crippen molar-refractivity contribution in [2.24, 2.45) is 0 Å². The molecule has 3 rings (SSSR count). The van der Waals surface area contributed by atoms with Gasteiger partial charge in [-0.05, 0) is 23.6 Å². The average molecular weight is 341 g/mol. The van der Waals surface area contributed by atoms with Crippen molar-refractivity contribution in [3.8, 4) is 27.9 Å². The van der Waals surface area contributed by atoms with Gasteiger partial charge in [0.25, 0.3) is 11.8 Å². The molecular formula is C17H15N3O3S. The molecule has 2 aromatic heterocycles. The van der Waals surface area contributed by atoms with Crippen LogP contribution in [0.4, 0.5) is 0 Å². The highest BCUT2D eigenvalue weighted by Crippen LogP contribution is 2.27. The largest absolute Gasteiger partial charge is 0.484 e. The minimum atomic E-state index is -0.208. The maximum atomic E-state index is 11.5. The Hall–Kier alpha value is -2.93. The third-order valence-electron chi connectivity index (χ3n) is 3.06. The number of nitrogens with one attached hydrogen (secondary N) is 1. The van der Waals surface area contributed by atoms with Crippen LogP contribution in [0.3, 0.4) is 0 Å². The standard InChI is InChI=1S/C17H15N3O3S/c1-2-8-18-15(21)11-22-13-6-3-5-12(10-13)16-19-17(23-20-16)14-7-4-9-24-14/h2-7,9-10H,1,8,11H2,(H,18,21). The van der Waals surface area contributed by atoms with E-state index in [4.69, 9.17) is 9.26 Å². The van der Waals surface area contributed by atoms with E-state index in [9.17, 15) is 4.79 Å². The molecule has 24 heavy (non-hydrogen) atoms. The SMILES string of the molecule is C=CCNC(=O)COc1cccc(-c2noc(-c3cccs3)n2)c1. The first kappa shape index (κ1) is 15.9. The first-order valence-electron chi connectivity index (χ1n) is 7.24. The van der Waals surface area contributed by atoms with Crippen LogP contribution in [0.25, 0.3) is 22.2 Å². The van der Waals surface area contributed by atoms with Gasteiger partial charge in [0.1, 0.15) is 5.75 Å². The Morgan fingerprint density at radius 1 is 1.38 bits per heavy atom. The Kier molecular flexibility index (Phi) is 5.02. The molecule has 0 bridgehead atoms. The molecule has 0 unspecified atom stereocenters. The van der Waals surface area contributed by atoms with Crippen molar-refractivity contribution in [2.45, 2.75) is 0 Å². The highest BCUT2D eigenvalue weighted by molar-refractivity contribution is 7.13. The molecule has 0 saturated heterocycles. The van der Waals surface area contributed by atoms with Gasteiger partial charge in [0.05, 0.1) is 4.88 Å². The lowest BCUT2D eigenvalue weighted by Crippen LogP contribution is -2.28. The van der Waals surface area contributed by atoms with E-state index < -0.39 is 0 Å². The molecule has 7 heteroatoms. The predicted octanol–water partition coefficient (Wildman–Crippen LogP) is 3.15. The zero-order valence-corrected chi connectivity index (χ0v) is 13.6. The molecule has 0 aliphatic rings. The Balaban J connectivity index is 1.69. The molecule has 0 aliphatic heterocycles. The van der Waals surface area contributed by atoms with Crippen molar-refractivity contribution < 1.29 is 14.1 Å². The van der Waals surface area contributed by atoms with Gasteiger partial charge < -0.3 is 14.6 Å². The number of hydrogen-bond donors (Lipinski definition) is 1. The minimum absolute atomic E-state index is 0.0655. The Morgan fingerprint density at radius 3 is 3.08 bits per heavy atom. The maximum Gasteiger partial charge on any atom is 0.268 e. The lowest BCUT2D eigenvalue weighted by atomic mass is 10.2. The Labute approximate surface area is 142 Å². The summed E-state index contributed by atoms with van der Waals surface area (Å²) in [5.41, 5.74) is 0.755. The summed E-state index contributed by atoms with van der Waals surface area (Å²) in [4.78, 5) is 16.8. The number of rotatable bonds is 7. The van der Waals surface area contributed by atoms with Gasteiger partial charge in [-0.2, -0.15) is 4.98 Å². The first-order chi connectivity index (χ1) is 11.8. The second-order valence-corrected chi connectivity index (χ2v) is 5.76. The predicted molar refractivity (Wildman–Crippen MR) is 91.7 cm³/mol. The number of hydrogen-bond acceptors (Lipinski definition) is 6. The van der Waals surface area contributed by atoms with Gasteiger partial charge in [0.2, 0.25) is 5.82 Å². The monoisotopic (exact) mass is 341 g/mol. The number of benzene rings is 1. The van der Waals surface area contributed by atoms with E-state index in [0.29, 0.717) is 24.0 Å². The molecule has 6 nitrogen and oxygen atoms in total. The topological polar surface area (TPSA) is 77.2 Å². The molecule has 0 spiro atoms. The van der Waals surface area contributed by atoms with Crippen LogP contribution in [0.5, 0.6) is 5.75 Å². The second kappa shape index (κ2) is 7.56. The van der Waals surface area contributed by atoms with Gasteiger partial charge in [-0.25, -0.2) is 0 Å². The normalized spacial score (nSPS) is 10.3. The smallest absolute Gasteiger partial charge is 0.268 e. The van der Waals surface area contributed by atoms with Gasteiger partial charge >= 0.3 is 0 Å². The number of carbonyl (C=O) groups is 1. The first-order valence-corrected chi connectivity index (χ1v) is 8.12. The zero-order valence-electron chi connectivity index (χ0n) is 12.8. The molecule has 0 aliphatic carbocycles. The van der Waals surface area contributed by atoms with Crippen LogP contribution in [0, 0.1) is 0 Å². The molecule has 0 fully saturated rings. The summed E-state index contributed by atoms with van der Waals surface area (Å²) in [5, 5.41) is 8.59. The molecular weight excluding hydrogens is 326 g/mol. The molecule has 1 N–H and O–H groups in total. The van der Waals surface area contributed by atoms with E-state index in [1.54, 1.807) is 18.2 Å². The van der Waals surface area contributed by atoms with E-state index in [0.717, 1.165) is 10.4 Å². The van der Waals surface area contributed by atoms with Gasteiger partial charge in [-0.1, -0.05) is 29.4 Å². The van der Waals surface area contributed by atoms with E-state index in [1.807, 2.05) is 29.6 Å². The van der Waals surface area contributed by atoms with Crippen molar-refractivity contribution in [3.05, 3.63) is 54.4 Å². The van der Waals surface area contributed by atoms with Gasteiger partial charge in [0.15, 0.2) is 6.61 Å². The fourth-order valence-corrected chi connectivity index (χ4v) is 2.60. The van der Waals surface area contributed by atoms with Crippen molar-refractivity contribution >= 4 is 17.2 Å². The van der Waals surface area contributed by atoms with Crippen LogP contribution in [-0.4, -0.2) is 29.2 Å². The van der Waals surface area contributed by atoms with Crippen molar-refractivity contribution in [1.82, 2.24) is 15.5 Å². The summed E-state index contributed by atoms with van der Waals surface area (Å²) in [6, 6.07) is 11.1. The summed E-state index contributed by atoms with van der Waals surface area (Å²) < 4.78 is 10.8. The summed E-state index contributed by atoms with van der Waals surface area (Å²) >= 11 is 1.53. The maximum absolute atomic E-state index is 11.5. The Morgan fingerprint density at radius 2 is 2.29 bits per heavy atom. The van der Waals surface area contributed by atoms with E-state index in [1.165, 1.54) is 11.3 Å². The second-order valence-electron chi connectivity index (χ2n) is 4.81. The zero-order chi connectivity index (χ0) is 16.8. The quantitative estimate of drug-likeness (QED) is 0.668. The molecule has 122 valence electrons. The van der Waals surface area contributed by atoms with Crippen LogP contribution in [0.2, 0.25) is 0 Å². The number of carbonyl (C=O) groups excluding carboxylic acids is 1. The molecule has 1 amide bonds. The van der Waals surface area contributed by atoms with Crippen LogP contribution in [-0.2, 0) is 4.79 Å². The van der Waals surface area contributed by atoms with Crippen LogP contribution in [0.15, 0.2) is 59.0 Å². The number of nitrogens with zero attached hydrogens (tertiary/aromatic N) is 2. The number of thiophene rings is 1. The highest BCUT2D eigenvalue weighted by Gasteiger charge is 2.12. The lowest BCUT2D eigenvalue weighted by molar-refractivity contribution is -0.122. The van der Waals surface area contributed by atoms with E-state index >= 15 is 0 Å². The molecule has 0 radical (unpaired) electrons. The molecule has 2 heterocycles. The van der Waals surface area contributed by atoms with Crippen LogP contribution in [0.1, 0.15) is 0 Å². The molecule has 0 atom stereocenters. The third-order valence-corrected chi connectivity index (χ3v) is 3.92. The lowest BCUT2D eigenvalue weighted by Gasteiger charge is -2.06. The Bertz CT molecular complexity index is 827. The van der Waals surface area contributed by atoms with E-state index in [2.05, 4.69) is 22.0 Å². The van der Waals surface area contributed by atoms with E-state index in [-0.39, 0.29) is 12.5 Å². The van der Waals surface area contributed by atoms with Gasteiger partial charge in [-0.15, -0.1) is 17.9 Å². The van der Waals surface area contributed by atoms with Crippen molar-refractivity contribution in [2.75, 3.05) is 13.2 Å². The van der Waals surface area contributed by atoms with Crippen LogP contribution < -0.4 is 10.1 Å². The molecule has 1 aromatic carbocycles. The summed E-state index contributed by atoms with van der Waals surface area (Å²) in [6.07, 6.45) is 1.61. The van der Waals surface area contributed by atoms with Crippen LogP contribution >= 0.6 is 11.3 Å². The van der Waals surface area contributed by atoms with Gasteiger partial charge in [-0.3, -0.25) is 4.79 Å². The highest BCUT2D eigenvalue weighted by atomic mass is 32.1. The fourth-order valence-electron chi connectivity index (χ4n) is 1.95. The number of amides is 1. The fraction of sp³-hybridized carbons (Fsp3) is 0.118. The minimum Gasteiger partial charge on any atom is -0.484 e.